The van der Waals surface area contributed by atoms with Gasteiger partial charge in [0, 0.05) is 11.9 Å². The topological polar surface area (TPSA) is 91.2 Å². The Kier molecular flexibility index (Phi) is 6.73. The largest absolute Gasteiger partial charge is 0.462 e. The summed E-state index contributed by atoms with van der Waals surface area (Å²) in [5.41, 5.74) is 3.28. The number of esters is 1. The summed E-state index contributed by atoms with van der Waals surface area (Å²) in [5, 5.41) is 14.9. The highest BCUT2D eigenvalue weighted by atomic mass is 16.5. The summed E-state index contributed by atoms with van der Waals surface area (Å²) < 4.78 is 5.01. The summed E-state index contributed by atoms with van der Waals surface area (Å²) in [5.74, 6) is -1.02. The minimum absolute atomic E-state index is 0.117. The van der Waals surface area contributed by atoms with E-state index in [-0.39, 0.29) is 12.2 Å². The monoisotopic (exact) mass is 363 g/mol. The van der Waals surface area contributed by atoms with Crippen molar-refractivity contribution >= 4 is 23.3 Å². The van der Waals surface area contributed by atoms with E-state index < -0.39 is 11.9 Å². The number of benzene rings is 2. The maximum Gasteiger partial charge on any atom is 0.340 e. The molecule has 0 aromatic heterocycles. The molecule has 27 heavy (non-hydrogen) atoms. The van der Waals surface area contributed by atoms with Gasteiger partial charge in [-0.1, -0.05) is 29.8 Å². The van der Waals surface area contributed by atoms with Crippen molar-refractivity contribution in [2.75, 3.05) is 17.2 Å². The number of carbonyl (C=O) groups excluding carboxylic acids is 2. The molecular formula is C21H21N3O3. The number of carbonyl (C=O) groups is 2. The van der Waals surface area contributed by atoms with Crippen LogP contribution in [-0.2, 0) is 9.53 Å². The van der Waals surface area contributed by atoms with Crippen LogP contribution in [0.1, 0.15) is 28.4 Å². The van der Waals surface area contributed by atoms with E-state index in [9.17, 15) is 14.9 Å². The highest BCUT2D eigenvalue weighted by Gasteiger charge is 2.13. The number of nitrogens with one attached hydrogen (secondary N) is 2. The molecule has 6 nitrogen and oxygen atoms in total. The molecule has 0 fully saturated rings. The molecule has 0 unspecified atom stereocenters. The summed E-state index contributed by atoms with van der Waals surface area (Å²) in [6.45, 7) is 5.82. The fraction of sp³-hybridized carbons (Fsp3) is 0.190. The van der Waals surface area contributed by atoms with Crippen LogP contribution in [0.25, 0.3) is 0 Å². The molecule has 6 heteroatoms. The number of hydrogen-bond donors (Lipinski definition) is 2. The summed E-state index contributed by atoms with van der Waals surface area (Å²) in [4.78, 5) is 24.4. The zero-order valence-electron chi connectivity index (χ0n) is 15.5. The molecule has 0 aliphatic heterocycles. The third-order valence-corrected chi connectivity index (χ3v) is 3.79. The summed E-state index contributed by atoms with van der Waals surface area (Å²) in [6.07, 6.45) is 1.27. The molecular weight excluding hydrogens is 342 g/mol. The van der Waals surface area contributed by atoms with E-state index >= 15 is 0 Å². The molecule has 0 atom stereocenters. The minimum atomic E-state index is -0.537. The molecule has 0 spiro atoms. The third-order valence-electron chi connectivity index (χ3n) is 3.79. The average molecular weight is 363 g/mol. The van der Waals surface area contributed by atoms with Crippen molar-refractivity contribution in [3.63, 3.8) is 0 Å². The van der Waals surface area contributed by atoms with E-state index in [1.165, 1.54) is 6.20 Å². The van der Waals surface area contributed by atoms with Crippen molar-refractivity contribution in [3.05, 3.63) is 70.9 Å². The van der Waals surface area contributed by atoms with Crippen LogP contribution in [0, 0.1) is 25.2 Å². The quantitative estimate of drug-likeness (QED) is 0.461. The van der Waals surface area contributed by atoms with Gasteiger partial charge in [0.1, 0.15) is 11.6 Å². The van der Waals surface area contributed by atoms with Crippen LogP contribution in [0.15, 0.2) is 54.2 Å². The Morgan fingerprint density at radius 1 is 1.15 bits per heavy atom. The normalized spacial score (nSPS) is 10.7. The molecule has 0 aliphatic carbocycles. The van der Waals surface area contributed by atoms with Crippen molar-refractivity contribution < 1.29 is 14.3 Å². The maximum atomic E-state index is 12.4. The number of nitrogens with zero attached hydrogens (tertiary/aromatic N) is 1. The van der Waals surface area contributed by atoms with Gasteiger partial charge in [0.2, 0.25) is 0 Å². The lowest BCUT2D eigenvalue weighted by atomic mass is 10.1. The second-order valence-electron chi connectivity index (χ2n) is 5.85. The predicted octanol–water partition coefficient (Wildman–Crippen LogP) is 3.94. The first-order valence-corrected chi connectivity index (χ1v) is 8.47. The Hall–Kier alpha value is -3.59. The molecule has 0 heterocycles. The number of aryl methyl sites for hydroxylation is 2. The Morgan fingerprint density at radius 2 is 1.89 bits per heavy atom. The molecule has 2 rings (SSSR count). The van der Waals surface area contributed by atoms with E-state index in [0.29, 0.717) is 16.9 Å². The first kappa shape index (κ1) is 19.7. The van der Waals surface area contributed by atoms with Gasteiger partial charge < -0.3 is 15.4 Å². The van der Waals surface area contributed by atoms with Crippen LogP contribution in [0.3, 0.4) is 0 Å². The van der Waals surface area contributed by atoms with Crippen LogP contribution >= 0.6 is 0 Å². The van der Waals surface area contributed by atoms with E-state index in [0.717, 1.165) is 11.1 Å². The second-order valence-corrected chi connectivity index (χ2v) is 5.85. The first-order chi connectivity index (χ1) is 13.0. The highest BCUT2D eigenvalue weighted by molar-refractivity contribution is 6.07. The number of hydrogen-bond acceptors (Lipinski definition) is 5. The Morgan fingerprint density at radius 3 is 2.56 bits per heavy atom. The van der Waals surface area contributed by atoms with Crippen molar-refractivity contribution in [1.29, 1.82) is 5.26 Å². The summed E-state index contributed by atoms with van der Waals surface area (Å²) in [7, 11) is 0. The fourth-order valence-corrected chi connectivity index (χ4v) is 2.44. The van der Waals surface area contributed by atoms with Crippen molar-refractivity contribution in [1.82, 2.24) is 0 Å². The summed E-state index contributed by atoms with van der Waals surface area (Å²) in [6, 6.07) is 14.2. The minimum Gasteiger partial charge on any atom is -0.462 e. The molecule has 0 bridgehead atoms. The number of para-hydroxylation sites is 1. The van der Waals surface area contributed by atoms with Gasteiger partial charge in [-0.05, 0) is 44.5 Å². The van der Waals surface area contributed by atoms with Gasteiger partial charge in [-0.2, -0.15) is 5.26 Å². The second kappa shape index (κ2) is 9.20. The van der Waals surface area contributed by atoms with Crippen molar-refractivity contribution in [3.8, 4) is 6.07 Å². The van der Waals surface area contributed by atoms with Crippen LogP contribution in [0.5, 0.6) is 0 Å². The van der Waals surface area contributed by atoms with Gasteiger partial charge in [-0.3, -0.25) is 4.79 Å². The average Bonchev–Trinajstić information content (AvgIpc) is 2.65. The Bertz CT molecular complexity index is 927. The molecule has 2 aromatic rings. The lowest BCUT2D eigenvalue weighted by molar-refractivity contribution is -0.112. The van der Waals surface area contributed by atoms with E-state index in [4.69, 9.17) is 4.74 Å². The number of nitriles is 1. The number of ether oxygens (including phenoxy) is 1. The third kappa shape index (κ3) is 5.19. The molecule has 1 amide bonds. The highest BCUT2D eigenvalue weighted by Crippen LogP contribution is 2.18. The molecule has 0 radical (unpaired) electrons. The molecule has 0 saturated carbocycles. The SMILES string of the molecule is CCOC(=O)c1ccccc1N/C=C(/C#N)C(=O)Nc1ccc(C)cc1C. The van der Waals surface area contributed by atoms with E-state index in [1.807, 2.05) is 32.0 Å². The molecule has 2 N–H and O–H groups in total. The van der Waals surface area contributed by atoms with Crippen LogP contribution in [0.2, 0.25) is 0 Å². The Labute approximate surface area is 158 Å². The van der Waals surface area contributed by atoms with E-state index in [2.05, 4.69) is 10.6 Å². The molecule has 0 aliphatic rings. The number of rotatable bonds is 6. The number of amides is 1. The molecule has 2 aromatic carbocycles. The fourth-order valence-electron chi connectivity index (χ4n) is 2.44. The van der Waals surface area contributed by atoms with Gasteiger partial charge in [0.05, 0.1) is 17.9 Å². The zero-order valence-corrected chi connectivity index (χ0v) is 15.5. The maximum absolute atomic E-state index is 12.4. The smallest absolute Gasteiger partial charge is 0.340 e. The van der Waals surface area contributed by atoms with Gasteiger partial charge in [-0.15, -0.1) is 0 Å². The predicted molar refractivity (Wildman–Crippen MR) is 104 cm³/mol. The standard InChI is InChI=1S/C21H21N3O3/c1-4-27-21(26)17-7-5-6-8-19(17)23-13-16(12-22)20(25)24-18-10-9-14(2)11-15(18)3/h5-11,13,23H,4H2,1-3H3,(H,24,25)/b16-13-. The van der Waals surface area contributed by atoms with Gasteiger partial charge in [0.25, 0.3) is 5.91 Å². The van der Waals surface area contributed by atoms with Gasteiger partial charge >= 0.3 is 5.97 Å². The summed E-state index contributed by atoms with van der Waals surface area (Å²) >= 11 is 0. The molecule has 138 valence electrons. The van der Waals surface area contributed by atoms with Crippen molar-refractivity contribution in [2.45, 2.75) is 20.8 Å². The molecule has 0 saturated heterocycles. The lowest BCUT2D eigenvalue weighted by Crippen LogP contribution is -2.15. The Balaban J connectivity index is 2.18. The zero-order chi connectivity index (χ0) is 19.8. The van der Waals surface area contributed by atoms with Gasteiger partial charge in [-0.25, -0.2) is 4.79 Å². The van der Waals surface area contributed by atoms with Gasteiger partial charge in [0.15, 0.2) is 0 Å². The van der Waals surface area contributed by atoms with Crippen molar-refractivity contribution in [2.24, 2.45) is 0 Å². The van der Waals surface area contributed by atoms with Crippen LogP contribution < -0.4 is 10.6 Å². The number of anilines is 2. The van der Waals surface area contributed by atoms with E-state index in [1.54, 1.807) is 37.3 Å². The first-order valence-electron chi connectivity index (χ1n) is 8.47. The van der Waals surface area contributed by atoms with Crippen LogP contribution in [-0.4, -0.2) is 18.5 Å². The van der Waals surface area contributed by atoms with Crippen LogP contribution in [0.4, 0.5) is 11.4 Å². The lowest BCUT2D eigenvalue weighted by Gasteiger charge is -2.10.